The monoisotopic (exact) mass is 462 g/mol. The maximum Gasteiger partial charge on any atom is 0.277 e. The summed E-state index contributed by atoms with van der Waals surface area (Å²) >= 11 is 1.12. The quantitative estimate of drug-likeness (QED) is 0.438. The van der Waals surface area contributed by atoms with Gasteiger partial charge in [-0.1, -0.05) is 11.8 Å². The van der Waals surface area contributed by atoms with Gasteiger partial charge in [0, 0.05) is 16.9 Å². The molecule has 1 amide bonds. The minimum Gasteiger partial charge on any atom is -0.494 e. The van der Waals surface area contributed by atoms with Gasteiger partial charge < -0.3 is 14.5 Å². The number of hydrogen-bond acceptors (Lipinski definition) is 8. The number of aromatic nitrogens is 2. The Bertz CT molecular complexity index is 1110. The van der Waals surface area contributed by atoms with Crippen molar-refractivity contribution in [1.29, 1.82) is 0 Å². The van der Waals surface area contributed by atoms with Crippen LogP contribution in [0.25, 0.3) is 11.5 Å². The van der Waals surface area contributed by atoms with Gasteiger partial charge in [0.05, 0.1) is 18.1 Å². The summed E-state index contributed by atoms with van der Waals surface area (Å²) in [6.07, 6.45) is 0. The first-order chi connectivity index (χ1) is 14.9. The van der Waals surface area contributed by atoms with Gasteiger partial charge in [0.15, 0.2) is 0 Å². The molecule has 1 aromatic heterocycles. The molecule has 0 saturated carbocycles. The molecule has 2 aromatic carbocycles. The molecule has 0 bridgehead atoms. The first-order valence-electron chi connectivity index (χ1n) is 9.48. The lowest BCUT2D eigenvalue weighted by molar-refractivity contribution is -0.113. The van der Waals surface area contributed by atoms with E-state index >= 15 is 0 Å². The Labute approximate surface area is 184 Å². The third-order valence-electron chi connectivity index (χ3n) is 3.97. The van der Waals surface area contributed by atoms with E-state index in [9.17, 15) is 13.2 Å². The van der Waals surface area contributed by atoms with Crippen LogP contribution in [0.5, 0.6) is 5.75 Å². The van der Waals surface area contributed by atoms with E-state index in [1.54, 1.807) is 55.5 Å². The highest BCUT2D eigenvalue weighted by atomic mass is 32.2. The number of benzene rings is 2. The van der Waals surface area contributed by atoms with Gasteiger partial charge in [-0.2, -0.15) is 0 Å². The number of sulfonamides is 1. The van der Waals surface area contributed by atoms with Crippen molar-refractivity contribution in [2.75, 3.05) is 28.2 Å². The van der Waals surface area contributed by atoms with Crippen LogP contribution in [-0.4, -0.2) is 42.6 Å². The molecule has 9 nitrogen and oxygen atoms in total. The average molecular weight is 463 g/mol. The van der Waals surface area contributed by atoms with Crippen LogP contribution >= 0.6 is 11.8 Å². The lowest BCUT2D eigenvalue weighted by Crippen LogP contribution is -2.14. The minimum absolute atomic E-state index is 0.00878. The van der Waals surface area contributed by atoms with Gasteiger partial charge in [0.2, 0.25) is 21.8 Å². The molecule has 164 valence electrons. The summed E-state index contributed by atoms with van der Waals surface area (Å²) in [5.74, 6) is 0.905. The molecule has 0 radical (unpaired) electrons. The Morgan fingerprint density at radius 1 is 1.03 bits per heavy atom. The summed E-state index contributed by atoms with van der Waals surface area (Å²) in [6, 6.07) is 13.7. The van der Waals surface area contributed by atoms with Crippen molar-refractivity contribution < 1.29 is 22.4 Å². The Hall–Kier alpha value is -3.05. The van der Waals surface area contributed by atoms with Crippen LogP contribution in [0.3, 0.4) is 0 Å². The number of carbonyl (C=O) groups excluding carboxylic acids is 1. The molecule has 1 heterocycles. The number of nitrogens with zero attached hydrogens (tertiary/aromatic N) is 2. The number of amides is 1. The maximum atomic E-state index is 12.1. The van der Waals surface area contributed by atoms with Crippen molar-refractivity contribution in [2.24, 2.45) is 0 Å². The van der Waals surface area contributed by atoms with Gasteiger partial charge in [0.1, 0.15) is 5.75 Å². The van der Waals surface area contributed by atoms with E-state index in [0.717, 1.165) is 17.5 Å². The van der Waals surface area contributed by atoms with Gasteiger partial charge in [0.25, 0.3) is 5.22 Å². The first-order valence-corrected chi connectivity index (χ1v) is 12.1. The van der Waals surface area contributed by atoms with Crippen LogP contribution < -0.4 is 14.8 Å². The molecule has 31 heavy (non-hydrogen) atoms. The smallest absolute Gasteiger partial charge is 0.277 e. The second-order valence-electron chi connectivity index (χ2n) is 6.25. The van der Waals surface area contributed by atoms with Gasteiger partial charge in [-0.15, -0.1) is 10.2 Å². The van der Waals surface area contributed by atoms with E-state index in [2.05, 4.69) is 20.2 Å². The molecule has 0 unspecified atom stereocenters. The third-order valence-corrected chi connectivity index (χ3v) is 6.09. The summed E-state index contributed by atoms with van der Waals surface area (Å²) in [5.41, 5.74) is 1.75. The Morgan fingerprint density at radius 3 is 2.35 bits per heavy atom. The van der Waals surface area contributed by atoms with E-state index in [1.165, 1.54) is 0 Å². The standard InChI is InChI=1S/C20H22N4O5S2/c1-3-28-17-11-9-15(10-12-17)21-18(25)13-30-20-23-22-19(29-20)14-5-7-16(8-6-14)24-31(26,27)4-2/h5-12,24H,3-4,13H2,1-2H3,(H,21,25). The van der Waals surface area contributed by atoms with E-state index in [0.29, 0.717) is 23.5 Å². The summed E-state index contributed by atoms with van der Waals surface area (Å²) in [7, 11) is -3.34. The summed E-state index contributed by atoms with van der Waals surface area (Å²) in [6.45, 7) is 4.05. The number of anilines is 2. The zero-order chi connectivity index (χ0) is 22.3. The third kappa shape index (κ3) is 6.72. The molecule has 0 aliphatic carbocycles. The summed E-state index contributed by atoms with van der Waals surface area (Å²) in [5, 5.41) is 11.0. The van der Waals surface area contributed by atoms with Crippen molar-refractivity contribution in [3.63, 3.8) is 0 Å². The highest BCUT2D eigenvalue weighted by molar-refractivity contribution is 7.99. The minimum atomic E-state index is -3.34. The van der Waals surface area contributed by atoms with Crippen LogP contribution in [0.1, 0.15) is 13.8 Å². The number of nitrogens with one attached hydrogen (secondary N) is 2. The van der Waals surface area contributed by atoms with Crippen molar-refractivity contribution in [2.45, 2.75) is 19.1 Å². The number of rotatable bonds is 10. The first kappa shape index (κ1) is 22.6. The molecule has 0 fully saturated rings. The zero-order valence-corrected chi connectivity index (χ0v) is 18.6. The molecule has 0 atom stereocenters. The SMILES string of the molecule is CCOc1ccc(NC(=O)CSc2nnc(-c3ccc(NS(=O)(=O)CC)cc3)o2)cc1. The molecule has 0 aliphatic heterocycles. The fourth-order valence-electron chi connectivity index (χ4n) is 2.44. The second-order valence-corrected chi connectivity index (χ2v) is 9.19. The number of thioether (sulfide) groups is 1. The molecule has 0 saturated heterocycles. The molecule has 3 aromatic rings. The van der Waals surface area contributed by atoms with Crippen LogP contribution in [-0.2, 0) is 14.8 Å². The van der Waals surface area contributed by atoms with Crippen LogP contribution in [0.15, 0.2) is 58.2 Å². The zero-order valence-electron chi connectivity index (χ0n) is 17.0. The largest absolute Gasteiger partial charge is 0.494 e. The Balaban J connectivity index is 1.53. The Kier molecular flexibility index (Phi) is 7.53. The normalized spacial score (nSPS) is 11.2. The predicted molar refractivity (Wildman–Crippen MR) is 120 cm³/mol. The molecular weight excluding hydrogens is 440 g/mol. The number of hydrogen-bond donors (Lipinski definition) is 2. The molecule has 11 heteroatoms. The summed E-state index contributed by atoms with van der Waals surface area (Å²) < 4.78 is 36.6. The van der Waals surface area contributed by atoms with Crippen LogP contribution in [0.4, 0.5) is 11.4 Å². The lowest BCUT2D eigenvalue weighted by Gasteiger charge is -2.06. The van der Waals surface area contributed by atoms with Crippen molar-refractivity contribution in [3.05, 3.63) is 48.5 Å². The van der Waals surface area contributed by atoms with Gasteiger partial charge in [-0.25, -0.2) is 8.42 Å². The van der Waals surface area contributed by atoms with Crippen molar-refractivity contribution >= 4 is 39.1 Å². The van der Waals surface area contributed by atoms with Crippen molar-refractivity contribution in [1.82, 2.24) is 10.2 Å². The topological polar surface area (TPSA) is 123 Å². The van der Waals surface area contributed by atoms with Gasteiger partial charge >= 0.3 is 0 Å². The predicted octanol–water partition coefficient (Wildman–Crippen LogP) is 3.63. The average Bonchev–Trinajstić information content (AvgIpc) is 3.23. The fraction of sp³-hybridized carbons (Fsp3) is 0.250. The number of ether oxygens (including phenoxy) is 1. The molecular formula is C20H22N4O5S2. The highest BCUT2D eigenvalue weighted by Crippen LogP contribution is 2.25. The van der Waals surface area contributed by atoms with Crippen LogP contribution in [0, 0.1) is 0 Å². The molecule has 0 aliphatic rings. The highest BCUT2D eigenvalue weighted by Gasteiger charge is 2.12. The van der Waals surface area contributed by atoms with E-state index in [1.807, 2.05) is 6.92 Å². The molecule has 0 spiro atoms. The molecule has 3 rings (SSSR count). The van der Waals surface area contributed by atoms with Crippen molar-refractivity contribution in [3.8, 4) is 17.2 Å². The van der Waals surface area contributed by atoms with Gasteiger partial charge in [-0.05, 0) is 62.4 Å². The second kappa shape index (κ2) is 10.3. The molecule has 2 N–H and O–H groups in total. The van der Waals surface area contributed by atoms with Crippen LogP contribution in [0.2, 0.25) is 0 Å². The van der Waals surface area contributed by atoms with E-state index in [4.69, 9.17) is 9.15 Å². The van der Waals surface area contributed by atoms with Gasteiger partial charge in [-0.3, -0.25) is 9.52 Å². The Morgan fingerprint density at radius 2 is 1.71 bits per heavy atom. The van der Waals surface area contributed by atoms with E-state index in [-0.39, 0.29) is 28.5 Å². The van der Waals surface area contributed by atoms with E-state index < -0.39 is 10.0 Å². The maximum absolute atomic E-state index is 12.1. The lowest BCUT2D eigenvalue weighted by atomic mass is 10.2. The number of carbonyl (C=O) groups is 1. The summed E-state index contributed by atoms with van der Waals surface area (Å²) in [4.78, 5) is 12.1. The fourth-order valence-corrected chi connectivity index (χ4v) is 3.65.